The van der Waals surface area contributed by atoms with Gasteiger partial charge in [0.1, 0.15) is 12.6 Å². The predicted molar refractivity (Wildman–Crippen MR) is 185 cm³/mol. The van der Waals surface area contributed by atoms with Crippen LogP contribution in [-0.2, 0) is 28.6 Å². The number of hydrogen-bond acceptors (Lipinski definition) is 7. The molecule has 0 amide bonds. The van der Waals surface area contributed by atoms with E-state index in [-0.39, 0.29) is 42.7 Å². The largest absolute Gasteiger partial charge is 0.544 e. The number of likely N-dealkylation sites (N-methyl/N-ethyl adjacent to an activating group) is 1. The molecule has 8 heteroatoms. The lowest BCUT2D eigenvalue weighted by atomic mass is 10.1. The van der Waals surface area contributed by atoms with E-state index < -0.39 is 18.1 Å². The Bertz CT molecular complexity index is 818. The molecule has 0 aliphatic carbocycles. The number of aliphatic carboxylic acids is 1. The second-order valence-corrected chi connectivity index (χ2v) is 13.4. The molecule has 0 heterocycles. The van der Waals surface area contributed by atoms with Gasteiger partial charge in [-0.25, -0.2) is 0 Å². The number of esters is 2. The van der Waals surface area contributed by atoms with Crippen LogP contribution in [0.5, 0.6) is 0 Å². The first-order chi connectivity index (χ1) is 22.1. The zero-order chi connectivity index (χ0) is 34.3. The molecule has 0 saturated heterocycles. The minimum atomic E-state index is -1.13. The fourth-order valence-electron chi connectivity index (χ4n) is 5.09. The molecule has 0 radical (unpaired) electrons. The van der Waals surface area contributed by atoms with Crippen LogP contribution in [0.1, 0.15) is 149 Å². The third kappa shape index (κ3) is 28.1. The maximum absolute atomic E-state index is 12.6. The van der Waals surface area contributed by atoms with E-state index in [2.05, 4.69) is 38.2 Å². The Balaban J connectivity index is 4.47. The fraction of sp³-hybridized carbons (Fsp3) is 0.816. The summed E-state index contributed by atoms with van der Waals surface area (Å²) in [7, 11) is 5.38. The van der Waals surface area contributed by atoms with Crippen molar-refractivity contribution in [3.63, 3.8) is 0 Å². The molecule has 8 nitrogen and oxygen atoms in total. The molecule has 0 aliphatic rings. The molecular weight excluding hydrogens is 582 g/mol. The number of allylic oxidation sites excluding steroid dienone is 4. The van der Waals surface area contributed by atoms with Crippen molar-refractivity contribution in [1.82, 2.24) is 0 Å². The van der Waals surface area contributed by atoms with Crippen LogP contribution in [-0.4, -0.2) is 75.5 Å². The lowest BCUT2D eigenvalue weighted by Crippen LogP contribution is -2.55. The van der Waals surface area contributed by atoms with Crippen LogP contribution in [0.25, 0.3) is 0 Å². The molecule has 46 heavy (non-hydrogen) atoms. The van der Waals surface area contributed by atoms with E-state index in [1.54, 1.807) is 21.1 Å². The summed E-state index contributed by atoms with van der Waals surface area (Å²) in [5.41, 5.74) is 0. The Morgan fingerprint density at radius 2 is 1.09 bits per heavy atom. The summed E-state index contributed by atoms with van der Waals surface area (Å²) < 4.78 is 17.0. The van der Waals surface area contributed by atoms with Gasteiger partial charge in [0, 0.05) is 19.3 Å². The maximum atomic E-state index is 12.6. The van der Waals surface area contributed by atoms with Crippen LogP contribution in [0, 0.1) is 0 Å². The summed E-state index contributed by atoms with van der Waals surface area (Å²) in [6.45, 7) is 4.54. The van der Waals surface area contributed by atoms with Gasteiger partial charge in [-0.1, -0.05) is 102 Å². The molecular formula is C38H69NO7. The molecule has 0 spiro atoms. The average molecular weight is 652 g/mol. The Hall–Kier alpha value is -2.19. The number of carbonyl (C=O) groups is 3. The van der Waals surface area contributed by atoms with E-state index in [0.717, 1.165) is 70.6 Å². The number of carboxylic acids is 1. The van der Waals surface area contributed by atoms with Crippen molar-refractivity contribution < 1.29 is 38.2 Å². The first-order valence-electron chi connectivity index (χ1n) is 18.4. The van der Waals surface area contributed by atoms with Crippen LogP contribution in [0.4, 0.5) is 0 Å². The topological polar surface area (TPSA) is 102 Å². The zero-order valence-electron chi connectivity index (χ0n) is 30.2. The number of hydrogen-bond donors (Lipinski definition) is 0. The van der Waals surface area contributed by atoms with Crippen molar-refractivity contribution in [3.05, 3.63) is 24.3 Å². The smallest absolute Gasteiger partial charge is 0.306 e. The zero-order valence-corrected chi connectivity index (χ0v) is 30.2. The molecule has 0 rings (SSSR count). The normalized spacial score (nSPS) is 13.3. The van der Waals surface area contributed by atoms with Crippen LogP contribution >= 0.6 is 0 Å². The van der Waals surface area contributed by atoms with Crippen molar-refractivity contribution >= 4 is 17.9 Å². The fourth-order valence-corrected chi connectivity index (χ4v) is 5.09. The summed E-state index contributed by atoms with van der Waals surface area (Å²) in [4.78, 5) is 36.5. The number of unbranched alkanes of at least 4 members (excludes halogenated alkanes) is 14. The van der Waals surface area contributed by atoms with E-state index in [0.29, 0.717) is 12.8 Å². The van der Waals surface area contributed by atoms with Crippen molar-refractivity contribution in [3.8, 4) is 0 Å². The first-order valence-corrected chi connectivity index (χ1v) is 18.4. The van der Waals surface area contributed by atoms with Gasteiger partial charge >= 0.3 is 11.9 Å². The van der Waals surface area contributed by atoms with Crippen molar-refractivity contribution in [2.75, 3.05) is 41.0 Å². The van der Waals surface area contributed by atoms with Gasteiger partial charge in [-0.05, 0) is 51.4 Å². The molecule has 0 bridgehead atoms. The second-order valence-electron chi connectivity index (χ2n) is 13.4. The van der Waals surface area contributed by atoms with Crippen molar-refractivity contribution in [1.29, 1.82) is 0 Å². The minimum absolute atomic E-state index is 0.0363. The molecule has 0 saturated carbocycles. The van der Waals surface area contributed by atoms with Gasteiger partial charge in [-0.2, -0.15) is 0 Å². The molecule has 2 unspecified atom stereocenters. The number of quaternary nitrogens is 1. The molecule has 0 aliphatic heterocycles. The molecule has 268 valence electrons. The Kier molecular flexibility index (Phi) is 28.7. The third-order valence-corrected chi connectivity index (χ3v) is 8.06. The summed E-state index contributed by atoms with van der Waals surface area (Å²) in [6.07, 6.45) is 29.1. The van der Waals surface area contributed by atoms with Crippen LogP contribution < -0.4 is 5.11 Å². The SMILES string of the molecule is CCCC/C=C\CCCCCCCC(=O)OCC(COCCC(C(=O)[O-])[N+](C)(C)C)OC(=O)CCCCCCC/C=C\CCCC. The van der Waals surface area contributed by atoms with Gasteiger partial charge < -0.3 is 28.6 Å². The highest BCUT2D eigenvalue weighted by atomic mass is 16.6. The second kappa shape index (κ2) is 30.2. The number of rotatable bonds is 32. The standard InChI is InChI=1S/C38H69NO7/c1-6-8-10-12-14-16-18-20-22-24-26-28-36(40)45-33-34(32-44-31-30-35(38(42)43)39(3,4)5)46-37(41)29-27-25-23-21-19-17-15-13-11-9-7-2/h12-15,34-35H,6-11,16-33H2,1-5H3/b14-12-,15-13-. The number of carboxylic acid groups (broad SMARTS) is 1. The Labute approximate surface area is 281 Å². The van der Waals surface area contributed by atoms with E-state index >= 15 is 0 Å². The van der Waals surface area contributed by atoms with Crippen molar-refractivity contribution in [2.24, 2.45) is 0 Å². The quantitative estimate of drug-likeness (QED) is 0.0319. The summed E-state index contributed by atoms with van der Waals surface area (Å²) in [6, 6.07) is -0.724. The highest BCUT2D eigenvalue weighted by Gasteiger charge is 2.25. The van der Waals surface area contributed by atoms with Crippen LogP contribution in [0.2, 0.25) is 0 Å². The van der Waals surface area contributed by atoms with Gasteiger partial charge in [0.15, 0.2) is 6.10 Å². The predicted octanol–water partition coefficient (Wildman–Crippen LogP) is 7.63. The van der Waals surface area contributed by atoms with Crippen molar-refractivity contribution in [2.45, 2.75) is 161 Å². The average Bonchev–Trinajstić information content (AvgIpc) is 3.00. The first kappa shape index (κ1) is 43.8. The van der Waals surface area contributed by atoms with Gasteiger partial charge in [-0.15, -0.1) is 0 Å². The van der Waals surface area contributed by atoms with Crippen LogP contribution in [0.15, 0.2) is 24.3 Å². The van der Waals surface area contributed by atoms with Gasteiger partial charge in [0.25, 0.3) is 0 Å². The molecule has 0 aromatic carbocycles. The van der Waals surface area contributed by atoms with E-state index in [1.165, 1.54) is 44.9 Å². The maximum Gasteiger partial charge on any atom is 0.306 e. The summed E-state index contributed by atoms with van der Waals surface area (Å²) in [5.74, 6) is -1.76. The number of nitrogens with zero attached hydrogens (tertiary/aromatic N) is 1. The van der Waals surface area contributed by atoms with Crippen LogP contribution in [0.3, 0.4) is 0 Å². The molecule has 0 aromatic heterocycles. The highest BCUT2D eigenvalue weighted by molar-refractivity contribution is 5.70. The van der Waals surface area contributed by atoms with E-state index in [1.807, 2.05) is 0 Å². The summed E-state index contributed by atoms with van der Waals surface area (Å²) >= 11 is 0. The minimum Gasteiger partial charge on any atom is -0.544 e. The van der Waals surface area contributed by atoms with Gasteiger partial charge in [-0.3, -0.25) is 9.59 Å². The van der Waals surface area contributed by atoms with Gasteiger partial charge in [0.2, 0.25) is 0 Å². The molecule has 0 aromatic rings. The lowest BCUT2D eigenvalue weighted by Gasteiger charge is -2.34. The molecule has 0 fully saturated rings. The Morgan fingerprint density at radius 3 is 1.57 bits per heavy atom. The molecule has 0 N–H and O–H groups in total. The van der Waals surface area contributed by atoms with E-state index in [4.69, 9.17) is 14.2 Å². The monoisotopic (exact) mass is 652 g/mol. The number of carbonyl (C=O) groups excluding carboxylic acids is 3. The van der Waals surface area contributed by atoms with Gasteiger partial charge in [0.05, 0.1) is 40.3 Å². The lowest BCUT2D eigenvalue weighted by molar-refractivity contribution is -0.889. The third-order valence-electron chi connectivity index (χ3n) is 8.06. The van der Waals surface area contributed by atoms with E-state index in [9.17, 15) is 19.5 Å². The Morgan fingerprint density at radius 1 is 0.630 bits per heavy atom. The molecule has 2 atom stereocenters. The number of ether oxygens (including phenoxy) is 3. The summed E-state index contributed by atoms with van der Waals surface area (Å²) in [5, 5.41) is 11.5. The highest BCUT2D eigenvalue weighted by Crippen LogP contribution is 2.12.